The number of likely N-dealkylation sites (N-methyl/N-ethyl adjacent to an activating group) is 1. The first kappa shape index (κ1) is 19.1. The summed E-state index contributed by atoms with van der Waals surface area (Å²) in [5.41, 5.74) is 2.10. The minimum Gasteiger partial charge on any atom is -0.497 e. The number of nitrogens with one attached hydrogen (secondary N) is 2. The summed E-state index contributed by atoms with van der Waals surface area (Å²) in [6.45, 7) is 4.01. The number of thiocarbonyl (C=S) groups is 1. The Bertz CT molecular complexity index is 661. The smallest absolute Gasteiger partial charge is 0.174 e. The predicted octanol–water partition coefficient (Wildman–Crippen LogP) is 1.99. The molecule has 1 aromatic carbocycles. The number of aromatic nitrogens is 1. The van der Waals surface area contributed by atoms with Crippen molar-refractivity contribution in [2.75, 3.05) is 39.6 Å². The van der Waals surface area contributed by atoms with E-state index >= 15 is 0 Å². The van der Waals surface area contributed by atoms with Gasteiger partial charge >= 0.3 is 0 Å². The minimum atomic E-state index is 0.145. The predicted molar refractivity (Wildman–Crippen MR) is 106 cm³/mol. The van der Waals surface area contributed by atoms with Crippen molar-refractivity contribution in [3.8, 4) is 5.75 Å². The molecule has 2 rings (SSSR count). The molecular weight excluding hydrogens is 332 g/mol. The van der Waals surface area contributed by atoms with Gasteiger partial charge in [-0.1, -0.05) is 6.07 Å². The topological polar surface area (TPSA) is 41.8 Å². The van der Waals surface area contributed by atoms with Gasteiger partial charge in [0.25, 0.3) is 0 Å². The number of anilines is 1. The first-order valence-corrected chi connectivity index (χ1v) is 8.82. The van der Waals surface area contributed by atoms with E-state index in [1.165, 1.54) is 4.90 Å². The van der Waals surface area contributed by atoms with Gasteiger partial charge < -0.3 is 19.9 Å². The lowest BCUT2D eigenvalue weighted by Crippen LogP contribution is -3.06. The molecule has 0 bridgehead atoms. The van der Waals surface area contributed by atoms with Crippen molar-refractivity contribution in [2.24, 2.45) is 0 Å². The zero-order valence-electron chi connectivity index (χ0n) is 15.3. The summed E-state index contributed by atoms with van der Waals surface area (Å²) in [6.07, 6.45) is 3.69. The molecular formula is C19H27N4OS+. The average molecular weight is 360 g/mol. The number of benzene rings is 1. The molecule has 25 heavy (non-hydrogen) atoms. The van der Waals surface area contributed by atoms with Gasteiger partial charge in [0, 0.05) is 18.1 Å². The quantitative estimate of drug-likeness (QED) is 0.740. The van der Waals surface area contributed by atoms with Crippen molar-refractivity contribution in [3.05, 3.63) is 54.4 Å². The number of hydrogen-bond donors (Lipinski definition) is 2. The van der Waals surface area contributed by atoms with Crippen LogP contribution in [0.1, 0.15) is 18.5 Å². The van der Waals surface area contributed by atoms with Gasteiger partial charge in [-0.05, 0) is 55.0 Å². The number of quaternary nitrogens is 1. The summed E-state index contributed by atoms with van der Waals surface area (Å²) in [5.74, 6) is 0.827. The Morgan fingerprint density at radius 2 is 2.00 bits per heavy atom. The Morgan fingerprint density at radius 1 is 1.28 bits per heavy atom. The fourth-order valence-corrected chi connectivity index (χ4v) is 2.86. The molecule has 1 atom stereocenters. The van der Waals surface area contributed by atoms with E-state index in [4.69, 9.17) is 17.0 Å². The number of methoxy groups -OCH3 is 1. The van der Waals surface area contributed by atoms with Crippen LogP contribution in [-0.2, 0) is 0 Å². The molecule has 0 aliphatic heterocycles. The molecule has 1 aromatic heterocycles. The van der Waals surface area contributed by atoms with Gasteiger partial charge in [0.2, 0.25) is 0 Å². The van der Waals surface area contributed by atoms with Gasteiger partial charge in [-0.3, -0.25) is 4.98 Å². The molecule has 0 radical (unpaired) electrons. The third-order valence-electron chi connectivity index (χ3n) is 4.09. The summed E-state index contributed by atoms with van der Waals surface area (Å²) in [5, 5.41) is 4.05. The molecule has 0 fully saturated rings. The minimum absolute atomic E-state index is 0.145. The molecule has 0 spiro atoms. The van der Waals surface area contributed by atoms with Crippen molar-refractivity contribution >= 4 is 23.0 Å². The molecule has 5 nitrogen and oxygen atoms in total. The van der Waals surface area contributed by atoms with Crippen molar-refractivity contribution in [1.29, 1.82) is 0 Å². The number of nitrogens with zero attached hydrogens (tertiary/aromatic N) is 2. The van der Waals surface area contributed by atoms with Crippen LogP contribution in [0.15, 0.2) is 48.8 Å². The molecule has 2 aromatic rings. The highest BCUT2D eigenvalue weighted by atomic mass is 32.1. The van der Waals surface area contributed by atoms with Gasteiger partial charge in [-0.2, -0.15) is 0 Å². The fourth-order valence-electron chi connectivity index (χ4n) is 2.49. The van der Waals surface area contributed by atoms with E-state index < -0.39 is 0 Å². The average Bonchev–Trinajstić information content (AvgIpc) is 2.63. The number of pyridine rings is 1. The van der Waals surface area contributed by atoms with E-state index in [0.29, 0.717) is 5.11 Å². The molecule has 0 saturated heterocycles. The van der Waals surface area contributed by atoms with Gasteiger partial charge in [-0.25, -0.2) is 0 Å². The Kier molecular flexibility index (Phi) is 7.16. The molecule has 0 aliphatic carbocycles. The van der Waals surface area contributed by atoms with Crippen LogP contribution in [0.4, 0.5) is 5.69 Å². The third-order valence-corrected chi connectivity index (χ3v) is 4.43. The summed E-state index contributed by atoms with van der Waals surface area (Å²) in [4.78, 5) is 7.83. The molecule has 0 saturated carbocycles. The Morgan fingerprint density at radius 3 is 2.56 bits per heavy atom. The summed E-state index contributed by atoms with van der Waals surface area (Å²) < 4.78 is 5.20. The highest BCUT2D eigenvalue weighted by Crippen LogP contribution is 2.21. The van der Waals surface area contributed by atoms with Crippen LogP contribution in [0, 0.1) is 0 Å². The Labute approximate surface area is 155 Å². The van der Waals surface area contributed by atoms with Crippen molar-refractivity contribution in [1.82, 2.24) is 9.88 Å². The Hall–Kier alpha value is -2.18. The van der Waals surface area contributed by atoms with E-state index in [1.54, 1.807) is 13.3 Å². The molecule has 1 heterocycles. The van der Waals surface area contributed by atoms with Crippen LogP contribution in [0.3, 0.4) is 0 Å². The molecule has 0 aliphatic rings. The molecule has 2 N–H and O–H groups in total. The second-order valence-corrected chi connectivity index (χ2v) is 6.66. The monoisotopic (exact) mass is 359 g/mol. The van der Waals surface area contributed by atoms with E-state index in [2.05, 4.69) is 42.3 Å². The summed E-state index contributed by atoms with van der Waals surface area (Å²) in [6, 6.07) is 12.0. The lowest BCUT2D eigenvalue weighted by Gasteiger charge is -2.32. The normalized spacial score (nSPS) is 11.9. The van der Waals surface area contributed by atoms with E-state index in [-0.39, 0.29) is 6.04 Å². The van der Waals surface area contributed by atoms with Crippen molar-refractivity contribution < 1.29 is 9.64 Å². The van der Waals surface area contributed by atoms with Crippen molar-refractivity contribution in [2.45, 2.75) is 13.0 Å². The molecule has 0 amide bonds. The number of hydrogen-bond acceptors (Lipinski definition) is 3. The van der Waals surface area contributed by atoms with Gasteiger partial charge in [0.05, 0.1) is 40.3 Å². The van der Waals surface area contributed by atoms with E-state index in [9.17, 15) is 0 Å². The molecule has 6 heteroatoms. The standard InChI is InChI=1S/C19H26N4OS/c1-15(16-6-5-11-20-14-16)23(13-12-22(2)3)19(25)21-17-7-9-18(24-4)10-8-17/h5-11,14-15H,12-13H2,1-4H3,(H,21,25)/p+1. The number of ether oxygens (including phenoxy) is 1. The SMILES string of the molecule is COc1ccc(NC(=S)N(CC[NH+](C)C)C(C)c2cccnc2)cc1. The van der Waals surface area contributed by atoms with Crippen molar-refractivity contribution in [3.63, 3.8) is 0 Å². The molecule has 1 unspecified atom stereocenters. The summed E-state index contributed by atoms with van der Waals surface area (Å²) >= 11 is 5.70. The first-order chi connectivity index (χ1) is 12.0. The zero-order chi connectivity index (χ0) is 18.2. The zero-order valence-corrected chi connectivity index (χ0v) is 16.1. The van der Waals surface area contributed by atoms with Crippen LogP contribution >= 0.6 is 12.2 Å². The maximum atomic E-state index is 5.70. The second-order valence-electron chi connectivity index (χ2n) is 6.27. The molecule has 134 valence electrons. The Balaban J connectivity index is 2.13. The maximum absolute atomic E-state index is 5.70. The number of rotatable bonds is 7. The first-order valence-electron chi connectivity index (χ1n) is 8.42. The van der Waals surface area contributed by atoms with Gasteiger partial charge in [0.15, 0.2) is 5.11 Å². The van der Waals surface area contributed by atoms with Gasteiger partial charge in [-0.15, -0.1) is 0 Å². The second kappa shape index (κ2) is 9.34. The highest BCUT2D eigenvalue weighted by molar-refractivity contribution is 7.80. The summed E-state index contributed by atoms with van der Waals surface area (Å²) in [7, 11) is 5.95. The lowest BCUT2D eigenvalue weighted by molar-refractivity contribution is -0.857. The maximum Gasteiger partial charge on any atom is 0.174 e. The van der Waals surface area contributed by atoms with Crippen LogP contribution in [0.5, 0.6) is 5.75 Å². The van der Waals surface area contributed by atoms with E-state index in [1.807, 2.05) is 36.5 Å². The highest BCUT2D eigenvalue weighted by Gasteiger charge is 2.20. The van der Waals surface area contributed by atoms with Gasteiger partial charge in [0.1, 0.15) is 5.75 Å². The largest absolute Gasteiger partial charge is 0.497 e. The van der Waals surface area contributed by atoms with Crippen LogP contribution in [0.25, 0.3) is 0 Å². The van der Waals surface area contributed by atoms with Crippen LogP contribution < -0.4 is 15.0 Å². The van der Waals surface area contributed by atoms with E-state index in [0.717, 1.165) is 30.1 Å². The third kappa shape index (κ3) is 5.69. The van der Waals surface area contributed by atoms with Crippen LogP contribution in [-0.4, -0.2) is 49.3 Å². The fraction of sp³-hybridized carbons (Fsp3) is 0.368. The lowest BCUT2D eigenvalue weighted by atomic mass is 10.1. The van der Waals surface area contributed by atoms with Crippen LogP contribution in [0.2, 0.25) is 0 Å².